The molecule has 2 atom stereocenters. The molecule has 1 aromatic carbocycles. The van der Waals surface area contributed by atoms with Gasteiger partial charge in [0.15, 0.2) is 6.10 Å². The first kappa shape index (κ1) is 17.5. The zero-order chi connectivity index (χ0) is 16.9. The summed E-state index contributed by atoms with van der Waals surface area (Å²) in [5.74, 6) is -2.31. The molecule has 0 spiro atoms. The summed E-state index contributed by atoms with van der Waals surface area (Å²) in [5, 5.41) is 39.2. The topological polar surface area (TPSA) is 147 Å². The number of aliphatic carboxylic acids is 1. The summed E-state index contributed by atoms with van der Waals surface area (Å²) in [5.41, 5.74) is -0.671. The predicted molar refractivity (Wildman–Crippen MR) is 72.0 cm³/mol. The predicted octanol–water partition coefficient (Wildman–Crippen LogP) is 0.179. The largest absolute Gasteiger partial charge is 0.481 e. The van der Waals surface area contributed by atoms with Crippen LogP contribution in [0.1, 0.15) is 24.2 Å². The lowest BCUT2D eigenvalue weighted by molar-refractivity contribution is -0.385. The molecule has 9 heteroatoms. The van der Waals surface area contributed by atoms with Gasteiger partial charge < -0.3 is 20.1 Å². The third-order valence-corrected chi connectivity index (χ3v) is 2.82. The second-order valence-corrected chi connectivity index (χ2v) is 4.36. The first-order chi connectivity index (χ1) is 10.3. The van der Waals surface area contributed by atoms with Gasteiger partial charge in [0.25, 0.3) is 5.69 Å². The maximum atomic E-state index is 11.3. The molecule has 1 rings (SSSR count). The van der Waals surface area contributed by atoms with Crippen molar-refractivity contribution in [2.24, 2.45) is 0 Å². The van der Waals surface area contributed by atoms with Crippen molar-refractivity contribution in [3.8, 4) is 0 Å². The summed E-state index contributed by atoms with van der Waals surface area (Å²) < 4.78 is 4.54. The maximum absolute atomic E-state index is 11.3. The number of carbonyl (C=O) groups is 2. The van der Waals surface area contributed by atoms with Crippen molar-refractivity contribution < 1.29 is 34.6 Å². The molecular formula is C13H15NO8. The van der Waals surface area contributed by atoms with Gasteiger partial charge in [-0.15, -0.1) is 0 Å². The van der Waals surface area contributed by atoms with Crippen LogP contribution in [-0.4, -0.2) is 44.9 Å². The molecule has 22 heavy (non-hydrogen) atoms. The minimum atomic E-state index is -1.90. The smallest absolute Gasteiger partial charge is 0.338 e. The number of nitro groups is 1. The van der Waals surface area contributed by atoms with E-state index in [-0.39, 0.29) is 17.7 Å². The fourth-order valence-corrected chi connectivity index (χ4v) is 1.79. The van der Waals surface area contributed by atoms with Gasteiger partial charge >= 0.3 is 11.9 Å². The number of hydrogen-bond acceptors (Lipinski definition) is 7. The van der Waals surface area contributed by atoms with E-state index in [4.69, 9.17) is 5.11 Å². The van der Waals surface area contributed by atoms with Crippen LogP contribution < -0.4 is 0 Å². The molecule has 0 aliphatic carbocycles. The highest BCUT2D eigenvalue weighted by Gasteiger charge is 2.29. The summed E-state index contributed by atoms with van der Waals surface area (Å²) >= 11 is 0. The average Bonchev–Trinajstić information content (AvgIpc) is 2.45. The van der Waals surface area contributed by atoms with Crippen LogP contribution >= 0.6 is 0 Å². The van der Waals surface area contributed by atoms with Crippen molar-refractivity contribution in [2.75, 3.05) is 6.61 Å². The Morgan fingerprint density at radius 2 is 2.00 bits per heavy atom. The molecule has 3 N–H and O–H groups in total. The van der Waals surface area contributed by atoms with E-state index >= 15 is 0 Å². The molecule has 2 unspecified atom stereocenters. The molecule has 0 aromatic heterocycles. The van der Waals surface area contributed by atoms with Gasteiger partial charge in [0.1, 0.15) is 6.10 Å². The third kappa shape index (κ3) is 4.24. The molecule has 1 aromatic rings. The van der Waals surface area contributed by atoms with E-state index in [1.165, 1.54) is 13.0 Å². The summed E-state index contributed by atoms with van der Waals surface area (Å²) in [6.45, 7) is 1.52. The van der Waals surface area contributed by atoms with Crippen LogP contribution in [0.5, 0.6) is 0 Å². The second kappa shape index (κ2) is 7.48. The highest BCUT2D eigenvalue weighted by molar-refractivity contribution is 5.75. The van der Waals surface area contributed by atoms with Crippen molar-refractivity contribution in [2.45, 2.75) is 25.6 Å². The van der Waals surface area contributed by atoms with Gasteiger partial charge in [0.05, 0.1) is 18.0 Å². The number of carboxylic acids is 1. The Kier molecular flexibility index (Phi) is 5.96. The first-order valence-electron chi connectivity index (χ1n) is 6.29. The fourth-order valence-electron chi connectivity index (χ4n) is 1.79. The molecule has 0 saturated heterocycles. The number of aliphatic hydroxyl groups is 2. The molecule has 0 radical (unpaired) electrons. The third-order valence-electron chi connectivity index (χ3n) is 2.82. The standard InChI is InChI=1S/C13H15NO8/c1-2-22-13(19)12(18)11(17)8-4-3-7(6-10(15)16)9(5-8)14(20)21/h3-5,11-12,17-18H,2,6H2,1H3,(H,15,16). The minimum Gasteiger partial charge on any atom is -0.481 e. The Morgan fingerprint density at radius 3 is 2.50 bits per heavy atom. The van der Waals surface area contributed by atoms with Gasteiger partial charge in [-0.1, -0.05) is 12.1 Å². The van der Waals surface area contributed by atoms with E-state index < -0.39 is 41.2 Å². The lowest BCUT2D eigenvalue weighted by Gasteiger charge is -2.17. The van der Waals surface area contributed by atoms with Crippen molar-refractivity contribution in [3.63, 3.8) is 0 Å². The van der Waals surface area contributed by atoms with Crippen LogP contribution in [0, 0.1) is 10.1 Å². The van der Waals surface area contributed by atoms with E-state index in [1.54, 1.807) is 0 Å². The molecule has 0 fully saturated rings. The van der Waals surface area contributed by atoms with Gasteiger partial charge in [0.2, 0.25) is 0 Å². The fraction of sp³-hybridized carbons (Fsp3) is 0.385. The minimum absolute atomic E-state index is 0.000308. The number of carbonyl (C=O) groups excluding carboxylic acids is 1. The summed E-state index contributed by atoms with van der Waals surface area (Å²) in [4.78, 5) is 32.2. The number of aliphatic hydroxyl groups excluding tert-OH is 2. The molecule has 0 saturated carbocycles. The SMILES string of the molecule is CCOC(=O)C(O)C(O)c1ccc(CC(=O)O)c([N+](=O)[O-])c1. The van der Waals surface area contributed by atoms with Crippen LogP contribution in [0.25, 0.3) is 0 Å². The van der Waals surface area contributed by atoms with Crippen molar-refractivity contribution in [1.29, 1.82) is 0 Å². The highest BCUT2D eigenvalue weighted by Crippen LogP contribution is 2.26. The number of hydrogen-bond donors (Lipinski definition) is 3. The van der Waals surface area contributed by atoms with Crippen LogP contribution in [0.4, 0.5) is 5.69 Å². The van der Waals surface area contributed by atoms with Crippen LogP contribution in [0.2, 0.25) is 0 Å². The Labute approximate surface area is 124 Å². The van der Waals surface area contributed by atoms with E-state index in [1.807, 2.05) is 0 Å². The summed E-state index contributed by atoms with van der Waals surface area (Å²) in [7, 11) is 0. The van der Waals surface area contributed by atoms with Gasteiger partial charge in [-0.2, -0.15) is 0 Å². The number of rotatable bonds is 7. The zero-order valence-corrected chi connectivity index (χ0v) is 11.6. The van der Waals surface area contributed by atoms with Crippen LogP contribution in [0.3, 0.4) is 0 Å². The van der Waals surface area contributed by atoms with Gasteiger partial charge in [-0.05, 0) is 12.5 Å². The number of esters is 1. The Bertz CT molecular complexity index is 585. The molecule has 120 valence electrons. The summed E-state index contributed by atoms with van der Waals surface area (Å²) in [6.07, 6.45) is -4.19. The van der Waals surface area contributed by atoms with Gasteiger partial charge in [-0.3, -0.25) is 14.9 Å². The van der Waals surface area contributed by atoms with Crippen LogP contribution in [0.15, 0.2) is 18.2 Å². The maximum Gasteiger partial charge on any atom is 0.338 e. The Hall–Kier alpha value is -2.52. The van der Waals surface area contributed by atoms with E-state index in [9.17, 15) is 29.9 Å². The van der Waals surface area contributed by atoms with Crippen molar-refractivity contribution in [1.82, 2.24) is 0 Å². The zero-order valence-electron chi connectivity index (χ0n) is 11.6. The highest BCUT2D eigenvalue weighted by atomic mass is 16.6. The molecule has 0 aliphatic rings. The van der Waals surface area contributed by atoms with Gasteiger partial charge in [0, 0.05) is 11.6 Å². The van der Waals surface area contributed by atoms with E-state index in [2.05, 4.69) is 4.74 Å². The van der Waals surface area contributed by atoms with Crippen LogP contribution in [-0.2, 0) is 20.7 Å². The van der Waals surface area contributed by atoms with Crippen molar-refractivity contribution in [3.05, 3.63) is 39.4 Å². The lowest BCUT2D eigenvalue weighted by Crippen LogP contribution is -2.30. The average molecular weight is 313 g/mol. The number of nitro benzene ring substituents is 1. The first-order valence-corrected chi connectivity index (χ1v) is 6.29. The Morgan fingerprint density at radius 1 is 1.36 bits per heavy atom. The van der Waals surface area contributed by atoms with E-state index in [0.717, 1.165) is 12.1 Å². The number of nitrogens with zero attached hydrogens (tertiary/aromatic N) is 1. The molecule has 9 nitrogen and oxygen atoms in total. The molecular weight excluding hydrogens is 298 g/mol. The summed E-state index contributed by atoms with van der Waals surface area (Å²) in [6, 6.07) is 3.28. The monoisotopic (exact) mass is 313 g/mol. The molecule has 0 heterocycles. The quantitative estimate of drug-likeness (QED) is 0.367. The normalized spacial score (nSPS) is 13.2. The molecule has 0 bridgehead atoms. The van der Waals surface area contributed by atoms with Gasteiger partial charge in [-0.25, -0.2) is 4.79 Å². The molecule has 0 aliphatic heterocycles. The second-order valence-electron chi connectivity index (χ2n) is 4.36. The van der Waals surface area contributed by atoms with Crippen molar-refractivity contribution >= 4 is 17.6 Å². The number of carboxylic acid groups (broad SMARTS) is 1. The molecule has 0 amide bonds. The lowest BCUT2D eigenvalue weighted by atomic mass is 10.00. The number of ether oxygens (including phenoxy) is 1. The Balaban J connectivity index is 3.10. The number of benzene rings is 1. The van der Waals surface area contributed by atoms with E-state index in [0.29, 0.717) is 0 Å².